The van der Waals surface area contributed by atoms with Crippen molar-refractivity contribution in [1.82, 2.24) is 9.97 Å². The SMILES string of the molecule is COC[C@]12C[C@H]1[C@](C)(c1cc(NC(=O)c3cnc(OCC(F)(F)C(F)F)cn3)cc(F)c1F)N=C(N)S2. The van der Waals surface area contributed by atoms with Crippen LogP contribution >= 0.6 is 11.8 Å². The first-order valence-corrected chi connectivity index (χ1v) is 11.6. The number of thioether (sulfide) groups is 1. The number of amides is 1. The van der Waals surface area contributed by atoms with Gasteiger partial charge in [0.1, 0.15) is 5.69 Å². The predicted octanol–water partition coefficient (Wildman–Crippen LogP) is 3.97. The van der Waals surface area contributed by atoms with Crippen molar-refractivity contribution in [3.05, 3.63) is 47.4 Å². The second-order valence-electron chi connectivity index (χ2n) is 8.82. The normalized spacial score (nSPS) is 24.9. The van der Waals surface area contributed by atoms with E-state index in [1.807, 2.05) is 0 Å². The zero-order valence-corrected chi connectivity index (χ0v) is 20.2. The van der Waals surface area contributed by atoms with Crippen LogP contribution in [0.3, 0.4) is 0 Å². The van der Waals surface area contributed by atoms with E-state index in [0.29, 0.717) is 13.0 Å². The number of halogens is 6. The Morgan fingerprint density at radius 2 is 2.03 bits per heavy atom. The lowest BCUT2D eigenvalue weighted by Gasteiger charge is -2.34. The van der Waals surface area contributed by atoms with E-state index >= 15 is 0 Å². The average molecular weight is 549 g/mol. The Balaban J connectivity index is 1.53. The van der Waals surface area contributed by atoms with Gasteiger partial charge < -0.3 is 20.5 Å². The number of benzene rings is 1. The van der Waals surface area contributed by atoms with Crippen LogP contribution in [0.2, 0.25) is 0 Å². The predicted molar refractivity (Wildman–Crippen MR) is 122 cm³/mol. The van der Waals surface area contributed by atoms with E-state index in [2.05, 4.69) is 25.0 Å². The molecule has 1 aromatic carbocycles. The summed E-state index contributed by atoms with van der Waals surface area (Å²) in [6.07, 6.45) is -1.69. The number of hydrogen-bond donors (Lipinski definition) is 2. The molecule has 2 aliphatic rings. The molecule has 15 heteroatoms. The largest absolute Gasteiger partial charge is 0.470 e. The summed E-state index contributed by atoms with van der Waals surface area (Å²) in [5.41, 5.74) is 4.23. The van der Waals surface area contributed by atoms with Crippen LogP contribution in [0.4, 0.5) is 32.0 Å². The third-order valence-corrected chi connectivity index (χ3v) is 7.44. The highest BCUT2D eigenvalue weighted by atomic mass is 32.2. The summed E-state index contributed by atoms with van der Waals surface area (Å²) in [6, 6.07) is 2.02. The molecule has 200 valence electrons. The highest BCUT2D eigenvalue weighted by Crippen LogP contribution is 2.66. The third-order valence-electron chi connectivity index (χ3n) is 6.17. The fourth-order valence-electron chi connectivity index (χ4n) is 4.30. The number of anilines is 1. The molecule has 1 aromatic heterocycles. The number of nitrogens with one attached hydrogen (secondary N) is 1. The molecule has 1 fully saturated rings. The lowest BCUT2D eigenvalue weighted by atomic mass is 9.85. The van der Waals surface area contributed by atoms with Gasteiger partial charge in [-0.3, -0.25) is 9.79 Å². The number of amidine groups is 1. The first-order chi connectivity index (χ1) is 17.3. The van der Waals surface area contributed by atoms with E-state index in [1.54, 1.807) is 6.92 Å². The minimum atomic E-state index is -4.39. The van der Waals surface area contributed by atoms with E-state index in [4.69, 9.17) is 10.5 Å². The molecule has 8 nitrogen and oxygen atoms in total. The van der Waals surface area contributed by atoms with E-state index in [9.17, 15) is 31.1 Å². The van der Waals surface area contributed by atoms with Crippen molar-refractivity contribution in [2.75, 3.05) is 25.6 Å². The number of fused-ring (bicyclic) bond motifs is 1. The zero-order chi connectivity index (χ0) is 27.2. The Bertz CT molecular complexity index is 1230. The number of nitrogens with zero attached hydrogens (tertiary/aromatic N) is 3. The molecule has 2 heterocycles. The summed E-state index contributed by atoms with van der Waals surface area (Å²) in [6.45, 7) is 0.332. The van der Waals surface area contributed by atoms with Crippen LogP contribution in [0.5, 0.6) is 5.88 Å². The standard InChI is InChI=1S/C22H21F6N5O3S/c1-20(14-5-21(14,8-35-2)37-19(29)33-20)11-3-10(4-12(23)16(11)24)32-17(34)13-6-31-15(7-30-13)36-9-22(27,28)18(25)26/h3-4,6-7,14,18H,5,8-9H2,1-2H3,(H2,29,33)(H,32,34)/t14-,20-,21+/m0/s1. The maximum absolute atomic E-state index is 15.0. The summed E-state index contributed by atoms with van der Waals surface area (Å²) in [5, 5.41) is 2.57. The van der Waals surface area contributed by atoms with Gasteiger partial charge in [-0.25, -0.2) is 27.5 Å². The molecule has 1 amide bonds. The maximum atomic E-state index is 15.0. The summed E-state index contributed by atoms with van der Waals surface area (Å²) in [7, 11) is 1.53. The number of hydrogen-bond acceptors (Lipinski definition) is 8. The Kier molecular flexibility index (Phi) is 7.05. The first kappa shape index (κ1) is 27.0. The molecule has 0 radical (unpaired) electrons. The number of carbonyl (C=O) groups is 1. The lowest BCUT2D eigenvalue weighted by Crippen LogP contribution is -2.38. The van der Waals surface area contributed by atoms with Crippen LogP contribution in [0.25, 0.3) is 0 Å². The number of methoxy groups -OCH3 is 1. The molecule has 4 rings (SSSR count). The van der Waals surface area contributed by atoms with Crippen molar-refractivity contribution < 1.29 is 40.6 Å². The molecule has 0 saturated heterocycles. The molecule has 0 spiro atoms. The monoisotopic (exact) mass is 549 g/mol. The molecule has 1 aliphatic heterocycles. The van der Waals surface area contributed by atoms with Crippen molar-refractivity contribution in [2.24, 2.45) is 16.6 Å². The van der Waals surface area contributed by atoms with E-state index in [-0.39, 0.29) is 28.0 Å². The zero-order valence-electron chi connectivity index (χ0n) is 19.4. The molecular formula is C22H21F6N5O3S. The molecule has 2 aromatic rings. The Labute approximate surface area is 211 Å². The highest BCUT2D eigenvalue weighted by molar-refractivity contribution is 8.15. The van der Waals surface area contributed by atoms with Crippen LogP contribution in [-0.4, -0.2) is 58.5 Å². The summed E-state index contributed by atoms with van der Waals surface area (Å²) < 4.78 is 89.3. The van der Waals surface area contributed by atoms with Gasteiger partial charge in [-0.2, -0.15) is 8.78 Å². The maximum Gasteiger partial charge on any atom is 0.340 e. The molecule has 3 N–H and O–H groups in total. The molecule has 37 heavy (non-hydrogen) atoms. The van der Waals surface area contributed by atoms with Crippen molar-refractivity contribution >= 4 is 28.5 Å². The van der Waals surface area contributed by atoms with Crippen LogP contribution in [0.1, 0.15) is 29.4 Å². The smallest absolute Gasteiger partial charge is 0.340 e. The van der Waals surface area contributed by atoms with Crippen molar-refractivity contribution in [1.29, 1.82) is 0 Å². The summed E-state index contributed by atoms with van der Waals surface area (Å²) in [5.74, 6) is -8.37. The van der Waals surface area contributed by atoms with Crippen LogP contribution in [0.15, 0.2) is 29.5 Å². The van der Waals surface area contributed by atoms with Crippen LogP contribution in [-0.2, 0) is 10.3 Å². The number of alkyl halides is 4. The van der Waals surface area contributed by atoms with Crippen LogP contribution in [0, 0.1) is 17.6 Å². The quantitative estimate of drug-likeness (QED) is 0.456. The van der Waals surface area contributed by atoms with Crippen molar-refractivity contribution in [2.45, 2.75) is 36.0 Å². The number of nitrogens with two attached hydrogens (primary N) is 1. The van der Waals surface area contributed by atoms with Gasteiger partial charge in [-0.15, -0.1) is 0 Å². The minimum Gasteiger partial charge on any atom is -0.470 e. The van der Waals surface area contributed by atoms with Gasteiger partial charge in [-0.05, 0) is 19.4 Å². The highest BCUT2D eigenvalue weighted by Gasteiger charge is 2.66. The Morgan fingerprint density at radius 1 is 1.30 bits per heavy atom. The van der Waals surface area contributed by atoms with E-state index in [1.165, 1.54) is 24.9 Å². The Hall–Kier alpha value is -3.07. The van der Waals surface area contributed by atoms with Gasteiger partial charge in [0.15, 0.2) is 23.4 Å². The third kappa shape index (κ3) is 5.19. The molecular weight excluding hydrogens is 528 g/mol. The van der Waals surface area contributed by atoms with E-state index < -0.39 is 52.7 Å². The number of aromatic nitrogens is 2. The van der Waals surface area contributed by atoms with Gasteiger partial charge in [0, 0.05) is 30.3 Å². The summed E-state index contributed by atoms with van der Waals surface area (Å²) >= 11 is 1.33. The number of rotatable bonds is 9. The second kappa shape index (κ2) is 9.67. The number of ether oxygens (including phenoxy) is 2. The van der Waals surface area contributed by atoms with Crippen LogP contribution < -0.4 is 15.8 Å². The first-order valence-electron chi connectivity index (χ1n) is 10.8. The molecule has 0 bridgehead atoms. The minimum absolute atomic E-state index is 0.108. The van der Waals surface area contributed by atoms with E-state index in [0.717, 1.165) is 18.5 Å². The fourth-order valence-corrected chi connectivity index (χ4v) is 5.75. The molecule has 0 unspecified atom stereocenters. The molecule has 3 atom stereocenters. The van der Waals surface area contributed by atoms with Gasteiger partial charge in [-0.1, -0.05) is 11.8 Å². The number of carbonyl (C=O) groups excluding carboxylic acids is 1. The second-order valence-corrected chi connectivity index (χ2v) is 10.3. The van der Waals surface area contributed by atoms with Gasteiger partial charge in [0.2, 0.25) is 5.88 Å². The molecule has 1 aliphatic carbocycles. The lowest BCUT2D eigenvalue weighted by molar-refractivity contribution is -0.148. The summed E-state index contributed by atoms with van der Waals surface area (Å²) in [4.78, 5) is 24.3. The van der Waals surface area contributed by atoms with Gasteiger partial charge >= 0.3 is 12.3 Å². The van der Waals surface area contributed by atoms with Gasteiger partial charge in [0.05, 0.1) is 29.3 Å². The Morgan fingerprint density at radius 3 is 2.65 bits per heavy atom. The van der Waals surface area contributed by atoms with Gasteiger partial charge in [0.25, 0.3) is 5.91 Å². The number of aliphatic imine (C=N–C) groups is 1. The average Bonchev–Trinajstić information content (AvgIpc) is 3.55. The topological polar surface area (TPSA) is 112 Å². The molecule has 1 saturated carbocycles. The van der Waals surface area contributed by atoms with Crippen molar-refractivity contribution in [3.63, 3.8) is 0 Å². The van der Waals surface area contributed by atoms with Crippen molar-refractivity contribution in [3.8, 4) is 5.88 Å². The fraction of sp³-hybridized carbons (Fsp3) is 0.455.